The fourth-order valence-corrected chi connectivity index (χ4v) is 3.19. The number of thioether (sulfide) groups is 1. The van der Waals surface area contributed by atoms with Crippen LogP contribution in [0.2, 0.25) is 10.0 Å². The lowest BCUT2D eigenvalue weighted by Gasteiger charge is -2.11. The second kappa shape index (κ2) is 6.24. The molecular weight excluding hydrogens is 323 g/mol. The standard InChI is InChI=1S/C12H10Cl2N2OS2/c13-8-2-1-7(5-9(8)14)6-10-11(17)16(4-3-15)12(18)19-10/h1-2,5-6H,3-4,15H2. The Labute approximate surface area is 130 Å². The van der Waals surface area contributed by atoms with E-state index in [0.29, 0.717) is 32.4 Å². The van der Waals surface area contributed by atoms with Crippen LogP contribution in [0, 0.1) is 0 Å². The van der Waals surface area contributed by atoms with E-state index < -0.39 is 0 Å². The average Bonchev–Trinajstić information content (AvgIpc) is 2.62. The maximum atomic E-state index is 12.1. The Kier molecular flexibility index (Phi) is 4.86. The first-order valence-corrected chi connectivity index (χ1v) is 7.41. The molecule has 0 spiro atoms. The second-order valence-corrected chi connectivity index (χ2v) is 6.29. The fourth-order valence-electron chi connectivity index (χ4n) is 1.58. The maximum Gasteiger partial charge on any atom is 0.266 e. The van der Waals surface area contributed by atoms with Gasteiger partial charge in [0, 0.05) is 13.1 Å². The number of hydrogen-bond acceptors (Lipinski definition) is 4. The Morgan fingerprint density at radius 1 is 1.37 bits per heavy atom. The Morgan fingerprint density at radius 2 is 2.11 bits per heavy atom. The number of halogens is 2. The molecule has 1 aliphatic heterocycles. The van der Waals surface area contributed by atoms with E-state index in [0.717, 1.165) is 5.56 Å². The van der Waals surface area contributed by atoms with Gasteiger partial charge < -0.3 is 5.73 Å². The molecule has 0 unspecified atom stereocenters. The summed E-state index contributed by atoms with van der Waals surface area (Å²) in [4.78, 5) is 14.2. The highest BCUT2D eigenvalue weighted by Gasteiger charge is 2.31. The minimum Gasteiger partial charge on any atom is -0.329 e. The molecule has 0 aliphatic carbocycles. The predicted octanol–water partition coefficient (Wildman–Crippen LogP) is 3.15. The van der Waals surface area contributed by atoms with Crippen LogP contribution in [0.5, 0.6) is 0 Å². The molecule has 3 nitrogen and oxygen atoms in total. The van der Waals surface area contributed by atoms with Crippen molar-refractivity contribution in [2.75, 3.05) is 13.1 Å². The van der Waals surface area contributed by atoms with Gasteiger partial charge in [-0.15, -0.1) is 0 Å². The first kappa shape index (κ1) is 14.8. The molecule has 1 saturated heterocycles. The summed E-state index contributed by atoms with van der Waals surface area (Å²) < 4.78 is 0.529. The number of carbonyl (C=O) groups excluding carboxylic acids is 1. The van der Waals surface area contributed by atoms with Crippen LogP contribution in [-0.4, -0.2) is 28.2 Å². The van der Waals surface area contributed by atoms with Crippen molar-refractivity contribution in [3.05, 3.63) is 38.7 Å². The highest BCUT2D eigenvalue weighted by Crippen LogP contribution is 2.33. The van der Waals surface area contributed by atoms with Crippen LogP contribution < -0.4 is 5.73 Å². The summed E-state index contributed by atoms with van der Waals surface area (Å²) in [6.45, 7) is 0.815. The Hall–Kier alpha value is -0.590. The Balaban J connectivity index is 2.27. The lowest BCUT2D eigenvalue weighted by Crippen LogP contribution is -2.32. The average molecular weight is 333 g/mol. The first-order valence-electron chi connectivity index (χ1n) is 5.43. The van der Waals surface area contributed by atoms with Crippen molar-refractivity contribution in [3.8, 4) is 0 Å². The zero-order valence-corrected chi connectivity index (χ0v) is 12.9. The zero-order chi connectivity index (χ0) is 14.0. The number of amides is 1. The van der Waals surface area contributed by atoms with E-state index in [1.807, 2.05) is 0 Å². The summed E-state index contributed by atoms with van der Waals surface area (Å²) in [6, 6.07) is 5.19. The van der Waals surface area contributed by atoms with Crippen LogP contribution in [-0.2, 0) is 4.79 Å². The zero-order valence-electron chi connectivity index (χ0n) is 9.73. The molecular formula is C12H10Cl2N2OS2. The molecule has 1 aromatic carbocycles. The van der Waals surface area contributed by atoms with E-state index in [1.54, 1.807) is 24.3 Å². The SMILES string of the molecule is NCCN1C(=O)C(=Cc2ccc(Cl)c(Cl)c2)SC1=S. The number of rotatable bonds is 3. The number of hydrogen-bond donors (Lipinski definition) is 1. The van der Waals surface area contributed by atoms with Gasteiger partial charge in [0.15, 0.2) is 0 Å². The number of nitrogens with two attached hydrogens (primary N) is 1. The van der Waals surface area contributed by atoms with Crippen LogP contribution in [0.25, 0.3) is 6.08 Å². The molecule has 1 heterocycles. The Morgan fingerprint density at radius 3 is 2.74 bits per heavy atom. The highest BCUT2D eigenvalue weighted by atomic mass is 35.5. The van der Waals surface area contributed by atoms with Crippen molar-refractivity contribution in [1.82, 2.24) is 4.90 Å². The lowest BCUT2D eigenvalue weighted by molar-refractivity contribution is -0.122. The molecule has 0 bridgehead atoms. The molecule has 2 rings (SSSR count). The molecule has 0 saturated carbocycles. The summed E-state index contributed by atoms with van der Waals surface area (Å²) in [6.07, 6.45) is 1.75. The number of nitrogens with zero attached hydrogens (tertiary/aromatic N) is 1. The van der Waals surface area contributed by atoms with Crippen molar-refractivity contribution >= 4 is 63.5 Å². The van der Waals surface area contributed by atoms with Crippen LogP contribution in [0.15, 0.2) is 23.1 Å². The molecule has 0 atom stereocenters. The number of thiocarbonyl (C=S) groups is 1. The van der Waals surface area contributed by atoms with Crippen molar-refractivity contribution in [2.24, 2.45) is 5.73 Å². The molecule has 100 valence electrons. The summed E-state index contributed by atoms with van der Waals surface area (Å²) in [5, 5.41) is 0.933. The van der Waals surface area contributed by atoms with Gasteiger partial charge in [0.25, 0.3) is 5.91 Å². The van der Waals surface area contributed by atoms with Gasteiger partial charge in [-0.1, -0.05) is 53.2 Å². The summed E-state index contributed by atoms with van der Waals surface area (Å²) in [7, 11) is 0. The van der Waals surface area contributed by atoms with Crippen molar-refractivity contribution in [3.63, 3.8) is 0 Å². The predicted molar refractivity (Wildman–Crippen MR) is 85.4 cm³/mol. The van der Waals surface area contributed by atoms with Crippen LogP contribution >= 0.6 is 47.2 Å². The van der Waals surface area contributed by atoms with Gasteiger partial charge in [-0.25, -0.2) is 0 Å². The van der Waals surface area contributed by atoms with Gasteiger partial charge in [-0.2, -0.15) is 0 Å². The molecule has 2 N–H and O–H groups in total. The van der Waals surface area contributed by atoms with Gasteiger partial charge in [0.1, 0.15) is 4.32 Å². The van der Waals surface area contributed by atoms with E-state index in [9.17, 15) is 4.79 Å². The fraction of sp³-hybridized carbons (Fsp3) is 0.167. The van der Waals surface area contributed by atoms with Gasteiger partial charge in [0.05, 0.1) is 15.0 Å². The molecule has 19 heavy (non-hydrogen) atoms. The first-order chi connectivity index (χ1) is 9.02. The monoisotopic (exact) mass is 332 g/mol. The van der Waals surface area contributed by atoms with E-state index in [1.165, 1.54) is 16.7 Å². The lowest BCUT2D eigenvalue weighted by atomic mass is 10.2. The van der Waals surface area contributed by atoms with Crippen LogP contribution in [0.3, 0.4) is 0 Å². The minimum atomic E-state index is -0.119. The smallest absolute Gasteiger partial charge is 0.266 e. The molecule has 1 aliphatic rings. The summed E-state index contributed by atoms with van der Waals surface area (Å²) in [5.41, 5.74) is 6.26. The van der Waals surface area contributed by atoms with E-state index in [4.69, 9.17) is 41.2 Å². The second-order valence-electron chi connectivity index (χ2n) is 3.80. The topological polar surface area (TPSA) is 46.3 Å². The van der Waals surface area contributed by atoms with Crippen LogP contribution in [0.1, 0.15) is 5.56 Å². The molecule has 0 radical (unpaired) electrons. The molecule has 1 aromatic rings. The Bertz CT molecular complexity index is 575. The number of benzene rings is 1. The van der Waals surface area contributed by atoms with Gasteiger partial charge in [-0.3, -0.25) is 9.69 Å². The third-order valence-corrected chi connectivity index (χ3v) is 4.58. The van der Waals surface area contributed by atoms with Gasteiger partial charge in [-0.05, 0) is 23.8 Å². The number of carbonyl (C=O) groups is 1. The summed E-state index contributed by atoms with van der Waals surface area (Å²) >= 11 is 18.2. The normalized spacial score (nSPS) is 17.6. The third-order valence-electron chi connectivity index (χ3n) is 2.47. The molecule has 7 heteroatoms. The minimum absolute atomic E-state index is 0.119. The molecule has 1 amide bonds. The highest BCUT2D eigenvalue weighted by molar-refractivity contribution is 8.26. The molecule has 0 aromatic heterocycles. The van der Waals surface area contributed by atoms with Crippen molar-refractivity contribution in [2.45, 2.75) is 0 Å². The van der Waals surface area contributed by atoms with Gasteiger partial charge >= 0.3 is 0 Å². The summed E-state index contributed by atoms with van der Waals surface area (Å²) in [5.74, 6) is -0.119. The van der Waals surface area contributed by atoms with Crippen molar-refractivity contribution < 1.29 is 4.79 Å². The van der Waals surface area contributed by atoms with Gasteiger partial charge in [0.2, 0.25) is 0 Å². The van der Waals surface area contributed by atoms with Crippen molar-refractivity contribution in [1.29, 1.82) is 0 Å². The van der Waals surface area contributed by atoms with Crippen LogP contribution in [0.4, 0.5) is 0 Å². The van der Waals surface area contributed by atoms with E-state index in [2.05, 4.69) is 0 Å². The largest absolute Gasteiger partial charge is 0.329 e. The molecule has 1 fully saturated rings. The van der Waals surface area contributed by atoms with E-state index >= 15 is 0 Å². The third kappa shape index (κ3) is 3.30. The quantitative estimate of drug-likeness (QED) is 0.682. The van der Waals surface area contributed by atoms with E-state index in [-0.39, 0.29) is 5.91 Å². The maximum absolute atomic E-state index is 12.1.